The van der Waals surface area contributed by atoms with E-state index in [0.717, 1.165) is 74.1 Å². The highest BCUT2D eigenvalue weighted by molar-refractivity contribution is 7.98. The quantitative estimate of drug-likeness (QED) is 0.0394. The number of nitro groups is 1. The van der Waals surface area contributed by atoms with E-state index in [-0.39, 0.29) is 22.6 Å². The largest absolute Gasteiger partial charge is 0.476 e. The Bertz CT molecular complexity index is 2890. The predicted molar refractivity (Wildman–Crippen MR) is 267 cm³/mol. The summed E-state index contributed by atoms with van der Waals surface area (Å²) >= 11 is 6.27. The van der Waals surface area contributed by atoms with Crippen LogP contribution in [0.25, 0.3) is 16.6 Å². The average Bonchev–Trinajstić information content (AvgIpc) is 3.66. The highest BCUT2D eigenvalue weighted by atomic mass is 35.5. The monoisotopic (exact) mass is 971 g/mol. The Balaban J connectivity index is 0.976. The predicted octanol–water partition coefficient (Wildman–Crippen LogP) is 8.89. The third-order valence-corrected chi connectivity index (χ3v) is 17.3. The number of piperazine rings is 1. The maximum atomic E-state index is 14.4. The van der Waals surface area contributed by atoms with Crippen LogP contribution in [0.5, 0.6) is 5.88 Å². The van der Waals surface area contributed by atoms with Gasteiger partial charge in [-0.1, -0.05) is 43.2 Å². The summed E-state index contributed by atoms with van der Waals surface area (Å²) in [5, 5.41) is 16.9. The molecule has 5 heterocycles. The van der Waals surface area contributed by atoms with Crippen LogP contribution in [-0.2, 0) is 20.1 Å². The van der Waals surface area contributed by atoms with E-state index in [1.165, 1.54) is 28.8 Å². The van der Waals surface area contributed by atoms with Crippen molar-refractivity contribution in [2.24, 2.45) is 11.3 Å². The van der Waals surface area contributed by atoms with E-state index in [4.69, 9.17) is 26.1 Å². The zero-order chi connectivity index (χ0) is 47.1. The molecule has 4 aliphatic rings. The number of amides is 1. The number of hydrogen-bond acceptors (Lipinski definition) is 12. The number of ether oxygens (including phenoxy) is 1. The second-order valence-corrected chi connectivity index (χ2v) is 23.9. The van der Waals surface area contributed by atoms with Crippen molar-refractivity contribution in [2.75, 3.05) is 79.0 Å². The minimum absolute atomic E-state index is 0.0946. The van der Waals surface area contributed by atoms with Crippen LogP contribution in [0.1, 0.15) is 68.3 Å². The van der Waals surface area contributed by atoms with Gasteiger partial charge in [-0.05, 0) is 116 Å². The Morgan fingerprint density at radius 2 is 1.79 bits per heavy atom. The normalized spacial score (nSPS) is 20.4. The highest BCUT2D eigenvalue weighted by Gasteiger charge is 2.32. The molecule has 0 saturated carbocycles. The first kappa shape index (κ1) is 46.6. The number of allylic oxidation sites excluding steroid dienone is 1. The summed E-state index contributed by atoms with van der Waals surface area (Å²) in [6, 6.07) is 21.0. The third-order valence-electron chi connectivity index (χ3n) is 13.7. The minimum Gasteiger partial charge on any atom is -0.476 e. The zero-order valence-electron chi connectivity index (χ0n) is 37.8. The third kappa shape index (κ3) is 10.5. The van der Waals surface area contributed by atoms with Crippen molar-refractivity contribution in [3.05, 3.63) is 111 Å². The summed E-state index contributed by atoms with van der Waals surface area (Å²) in [5.74, 6) is 0.423. The van der Waals surface area contributed by atoms with Crippen LogP contribution in [0, 0.1) is 26.2 Å². The standard InChI is InChI=1S/C48H58ClN9O7S2/c1-48(2)16-12-35(40(29-48)33-4-6-36(49)7-5-33)31-55-19-21-56(22-20-55)37-8-10-39(42(27-37)57-18-3-23-65-47-44(57)26-34-13-17-51-45(34)53-47)46(59)54-67(63,64)38-9-11-41(43(28-38)58(60)61)52-30-32-14-24-66(50,62)25-15-32/h4-11,13,17,26-28,32,52,66H,3,12,14-16,18-25,29-31H2,1-2H3,(H2,50,62)(H,51,53)(H,54,59). The number of carbonyl (C=O) groups excluding carboxylic acids is 1. The average molecular weight is 973 g/mol. The lowest BCUT2D eigenvalue weighted by atomic mass is 9.72. The molecule has 356 valence electrons. The summed E-state index contributed by atoms with van der Waals surface area (Å²) in [5.41, 5.74) is 6.74. The van der Waals surface area contributed by atoms with E-state index in [2.05, 4.69) is 50.8 Å². The first-order valence-electron chi connectivity index (χ1n) is 22.9. The van der Waals surface area contributed by atoms with Crippen LogP contribution in [0.3, 0.4) is 0 Å². The molecule has 16 nitrogen and oxygen atoms in total. The highest BCUT2D eigenvalue weighted by Crippen LogP contribution is 2.44. The molecule has 2 aromatic heterocycles. The summed E-state index contributed by atoms with van der Waals surface area (Å²) < 4.78 is 54.4. The summed E-state index contributed by atoms with van der Waals surface area (Å²) in [4.78, 5) is 40.2. The number of halogens is 1. The van der Waals surface area contributed by atoms with Gasteiger partial charge in [0.15, 0.2) is 0 Å². The zero-order valence-corrected chi connectivity index (χ0v) is 40.2. The number of aromatic amines is 1. The molecule has 3 aliphatic heterocycles. The lowest BCUT2D eigenvalue weighted by Crippen LogP contribution is -2.47. The van der Waals surface area contributed by atoms with Crippen LogP contribution < -0.4 is 24.6 Å². The molecule has 0 bridgehead atoms. The smallest absolute Gasteiger partial charge is 0.293 e. The van der Waals surface area contributed by atoms with E-state index >= 15 is 0 Å². The Hall–Kier alpha value is -5.53. The molecule has 1 amide bonds. The minimum atomic E-state index is -4.61. The molecule has 9 rings (SSSR count). The Morgan fingerprint density at radius 3 is 2.54 bits per heavy atom. The number of anilines is 4. The molecule has 5 aromatic rings. The van der Waals surface area contributed by atoms with Crippen LogP contribution in [0.2, 0.25) is 5.02 Å². The SMILES string of the molecule is CC1(C)CCC(CN2CCN(c3ccc(C(=O)NS(=O)(=O)c4ccc(NCC5CC[SH](=N)(O)CC5)c([N+](=O)[O-])c4)c(N4CCCOc5nc6[nH]ccc6cc54)c3)CC2)=C(c2ccc(Cl)cc2)C1. The topological polar surface area (TPSA) is 210 Å². The van der Waals surface area contributed by atoms with Crippen LogP contribution in [0.4, 0.5) is 28.4 Å². The molecular formula is C48H58ClN9O7S2. The van der Waals surface area contributed by atoms with E-state index in [0.29, 0.717) is 73.4 Å². The van der Waals surface area contributed by atoms with E-state index in [1.54, 1.807) is 12.3 Å². The van der Waals surface area contributed by atoms with Gasteiger partial charge in [-0.2, -0.15) is 4.98 Å². The second-order valence-electron chi connectivity index (χ2n) is 19.0. The van der Waals surface area contributed by atoms with Crippen molar-refractivity contribution in [3.63, 3.8) is 0 Å². The van der Waals surface area contributed by atoms with Gasteiger partial charge in [-0.15, -0.1) is 10.1 Å². The van der Waals surface area contributed by atoms with Gasteiger partial charge >= 0.3 is 0 Å². The molecule has 0 unspecified atom stereocenters. The number of pyridine rings is 1. The van der Waals surface area contributed by atoms with Gasteiger partial charge in [0.25, 0.3) is 21.6 Å². The van der Waals surface area contributed by atoms with Gasteiger partial charge in [0.05, 0.1) is 27.7 Å². The molecule has 0 spiro atoms. The molecule has 3 aromatic carbocycles. The van der Waals surface area contributed by atoms with Gasteiger partial charge in [-0.25, -0.2) is 13.1 Å². The van der Waals surface area contributed by atoms with Gasteiger partial charge in [-0.3, -0.25) is 24.6 Å². The van der Waals surface area contributed by atoms with Crippen molar-refractivity contribution in [1.82, 2.24) is 19.6 Å². The lowest BCUT2D eigenvalue weighted by Gasteiger charge is -2.39. The number of thiol groups is 1. The molecule has 1 aliphatic carbocycles. The van der Waals surface area contributed by atoms with Gasteiger partial charge < -0.3 is 29.4 Å². The van der Waals surface area contributed by atoms with Crippen molar-refractivity contribution >= 4 is 82.7 Å². The number of benzene rings is 3. The number of nitrogens with one attached hydrogen (secondary N) is 4. The number of carbonyl (C=O) groups is 1. The van der Waals surface area contributed by atoms with Gasteiger partial charge in [0.2, 0.25) is 5.88 Å². The maximum Gasteiger partial charge on any atom is 0.293 e. The Morgan fingerprint density at radius 1 is 1.03 bits per heavy atom. The number of nitro benzene ring substituents is 1. The van der Waals surface area contributed by atoms with Crippen LogP contribution in [0.15, 0.2) is 89.5 Å². The Labute approximate surface area is 397 Å². The fraction of sp³-hybridized carbons (Fsp3) is 0.417. The summed E-state index contributed by atoms with van der Waals surface area (Å²) in [7, 11) is -7.23. The molecule has 5 N–H and O–H groups in total. The van der Waals surface area contributed by atoms with Crippen molar-refractivity contribution in [3.8, 4) is 5.88 Å². The molecule has 19 heteroatoms. The molecule has 0 radical (unpaired) electrons. The molecular weight excluding hydrogens is 914 g/mol. The lowest BCUT2D eigenvalue weighted by molar-refractivity contribution is -0.384. The maximum absolute atomic E-state index is 14.4. The van der Waals surface area contributed by atoms with Crippen molar-refractivity contribution in [1.29, 1.82) is 4.78 Å². The number of aromatic nitrogens is 2. The Kier molecular flexibility index (Phi) is 13.1. The first-order chi connectivity index (χ1) is 32.0. The molecule has 0 atom stereocenters. The van der Waals surface area contributed by atoms with E-state index < -0.39 is 41.5 Å². The summed E-state index contributed by atoms with van der Waals surface area (Å²) in [6.07, 6.45) is 6.82. The fourth-order valence-corrected chi connectivity index (χ4v) is 12.7. The van der Waals surface area contributed by atoms with Gasteiger partial charge in [0.1, 0.15) is 17.0 Å². The number of H-pyrrole nitrogens is 1. The number of nitrogens with zero attached hydrogens (tertiary/aromatic N) is 5. The van der Waals surface area contributed by atoms with Crippen LogP contribution >= 0.6 is 11.6 Å². The second kappa shape index (κ2) is 18.9. The summed E-state index contributed by atoms with van der Waals surface area (Å²) in [6.45, 7) is 9.88. The number of fused-ring (bicyclic) bond motifs is 2. The van der Waals surface area contributed by atoms with E-state index in [1.807, 2.05) is 41.3 Å². The number of hydrogen-bond donors (Lipinski definition) is 6. The first-order valence-corrected chi connectivity index (χ1v) is 26.9. The molecule has 2 fully saturated rings. The molecule has 2 saturated heterocycles. The fourth-order valence-electron chi connectivity index (χ4n) is 9.77. The van der Waals surface area contributed by atoms with Crippen LogP contribution in [-0.4, -0.2) is 103 Å². The van der Waals surface area contributed by atoms with Crippen molar-refractivity contribution in [2.45, 2.75) is 57.3 Å². The number of rotatable bonds is 12. The van der Waals surface area contributed by atoms with E-state index in [9.17, 15) is 27.9 Å². The van der Waals surface area contributed by atoms with Crippen molar-refractivity contribution < 1.29 is 27.4 Å². The molecule has 67 heavy (non-hydrogen) atoms. The number of sulfonamides is 1. The van der Waals surface area contributed by atoms with Gasteiger partial charge in [0, 0.05) is 85.7 Å².